The summed E-state index contributed by atoms with van der Waals surface area (Å²) < 4.78 is 46.6. The molecule has 2 aliphatic rings. The number of thioether (sulfide) groups is 1. The summed E-state index contributed by atoms with van der Waals surface area (Å²) in [6.45, 7) is 0.797. The fraction of sp³-hybridized carbons (Fsp3) is 0.474. The first-order chi connectivity index (χ1) is 13.3. The molecule has 150 valence electrons. The third kappa shape index (κ3) is 2.96. The van der Waals surface area contributed by atoms with Gasteiger partial charge in [0.05, 0.1) is 10.9 Å². The maximum atomic E-state index is 15.5. The zero-order valence-electron chi connectivity index (χ0n) is 15.2. The minimum atomic E-state index is -1.55. The number of nitrogens with zero attached hydrogens (tertiary/aromatic N) is 2. The van der Waals surface area contributed by atoms with Gasteiger partial charge in [-0.3, -0.25) is 4.79 Å². The van der Waals surface area contributed by atoms with Crippen LogP contribution < -0.4 is 10.3 Å². The monoisotopic (exact) mass is 412 g/mol. The average molecular weight is 412 g/mol. The Morgan fingerprint density at radius 3 is 2.54 bits per heavy atom. The van der Waals surface area contributed by atoms with Gasteiger partial charge < -0.3 is 14.6 Å². The molecule has 1 saturated heterocycles. The number of anilines is 1. The van der Waals surface area contributed by atoms with Gasteiger partial charge in [-0.2, -0.15) is 11.8 Å². The Bertz CT molecular complexity index is 1040. The molecule has 2 heterocycles. The van der Waals surface area contributed by atoms with Crippen LogP contribution in [0.2, 0.25) is 0 Å². The van der Waals surface area contributed by atoms with Crippen LogP contribution in [-0.2, 0) is 0 Å². The van der Waals surface area contributed by atoms with Gasteiger partial charge in [0.1, 0.15) is 11.3 Å². The number of carbonyl (C=O) groups is 1. The van der Waals surface area contributed by atoms with Crippen LogP contribution in [0.3, 0.4) is 0 Å². The van der Waals surface area contributed by atoms with Crippen LogP contribution in [-0.4, -0.2) is 40.7 Å². The maximum absolute atomic E-state index is 15.5. The molecule has 2 aromatic rings. The molecule has 1 aliphatic heterocycles. The Labute approximate surface area is 163 Å². The molecule has 1 N–H and O–H groups in total. The Morgan fingerprint density at radius 2 is 1.93 bits per heavy atom. The Hall–Kier alpha value is -2.16. The molecular weight excluding hydrogens is 393 g/mol. The van der Waals surface area contributed by atoms with Crippen molar-refractivity contribution in [3.63, 3.8) is 0 Å². The minimum absolute atomic E-state index is 0.226. The van der Waals surface area contributed by atoms with E-state index in [4.69, 9.17) is 0 Å². The normalized spacial score (nSPS) is 19.6. The van der Waals surface area contributed by atoms with Crippen LogP contribution in [0.4, 0.5) is 18.9 Å². The molecule has 5 nitrogen and oxygen atoms in total. The Balaban J connectivity index is 1.97. The van der Waals surface area contributed by atoms with Gasteiger partial charge in [0.15, 0.2) is 17.5 Å². The van der Waals surface area contributed by atoms with Crippen LogP contribution in [0.15, 0.2) is 11.0 Å². The second-order valence-corrected chi connectivity index (χ2v) is 8.30. The summed E-state index contributed by atoms with van der Waals surface area (Å²) in [5, 5.41) is 8.43. The number of halogens is 3. The zero-order valence-corrected chi connectivity index (χ0v) is 16.0. The second kappa shape index (κ2) is 7.02. The topological polar surface area (TPSA) is 62.5 Å². The van der Waals surface area contributed by atoms with E-state index in [1.807, 2.05) is 6.26 Å². The molecule has 2 fully saturated rings. The van der Waals surface area contributed by atoms with Gasteiger partial charge in [-0.05, 0) is 37.2 Å². The number of carboxylic acids is 1. The van der Waals surface area contributed by atoms with E-state index < -0.39 is 45.5 Å². The van der Waals surface area contributed by atoms with Gasteiger partial charge >= 0.3 is 5.97 Å². The van der Waals surface area contributed by atoms with Crippen molar-refractivity contribution < 1.29 is 23.1 Å². The van der Waals surface area contributed by atoms with E-state index in [1.54, 1.807) is 11.8 Å². The van der Waals surface area contributed by atoms with Crippen molar-refractivity contribution in [2.45, 2.75) is 25.3 Å². The van der Waals surface area contributed by atoms with Crippen LogP contribution in [0.5, 0.6) is 0 Å². The van der Waals surface area contributed by atoms with Crippen molar-refractivity contribution in [3.05, 3.63) is 39.4 Å². The van der Waals surface area contributed by atoms with Gasteiger partial charge in [-0.25, -0.2) is 18.0 Å². The SMILES string of the molecule is CSCC1CCN(c2c(F)c(F)c3c(=O)c(C(=O)O)cn(C4CC4)c3c2F)C1. The van der Waals surface area contributed by atoms with Gasteiger partial charge in [0.25, 0.3) is 0 Å². The number of hydrogen-bond donors (Lipinski definition) is 1. The molecule has 1 saturated carbocycles. The molecule has 1 unspecified atom stereocenters. The quantitative estimate of drug-likeness (QED) is 0.760. The predicted octanol–water partition coefficient (Wildman–Crippen LogP) is 3.64. The number of carboxylic acid groups (broad SMARTS) is 1. The highest BCUT2D eigenvalue weighted by atomic mass is 32.2. The van der Waals surface area contributed by atoms with Gasteiger partial charge in [0.2, 0.25) is 5.43 Å². The molecule has 1 atom stereocenters. The summed E-state index contributed by atoms with van der Waals surface area (Å²) in [5.74, 6) is -4.39. The van der Waals surface area contributed by atoms with E-state index in [1.165, 1.54) is 9.47 Å². The van der Waals surface area contributed by atoms with Crippen molar-refractivity contribution in [2.24, 2.45) is 5.92 Å². The lowest BCUT2D eigenvalue weighted by molar-refractivity contribution is 0.0694. The lowest BCUT2D eigenvalue weighted by Gasteiger charge is -2.23. The molecule has 0 amide bonds. The molecule has 0 spiro atoms. The van der Waals surface area contributed by atoms with E-state index in [9.17, 15) is 23.5 Å². The average Bonchev–Trinajstić information content (AvgIpc) is 3.39. The number of aromatic nitrogens is 1. The van der Waals surface area contributed by atoms with Crippen molar-refractivity contribution in [1.29, 1.82) is 0 Å². The summed E-state index contributed by atoms with van der Waals surface area (Å²) >= 11 is 1.64. The van der Waals surface area contributed by atoms with Crippen LogP contribution in [0, 0.1) is 23.4 Å². The minimum Gasteiger partial charge on any atom is -0.477 e. The van der Waals surface area contributed by atoms with Crippen LogP contribution in [0.25, 0.3) is 10.9 Å². The summed E-state index contributed by atoms with van der Waals surface area (Å²) in [6.07, 6.45) is 5.06. The van der Waals surface area contributed by atoms with Crippen molar-refractivity contribution in [2.75, 3.05) is 30.0 Å². The van der Waals surface area contributed by atoms with E-state index in [-0.39, 0.29) is 17.5 Å². The molecular formula is C19H19F3N2O3S. The first-order valence-electron chi connectivity index (χ1n) is 9.07. The molecule has 0 bridgehead atoms. The summed E-state index contributed by atoms with van der Waals surface area (Å²) in [5.41, 5.74) is -2.71. The molecule has 1 aliphatic carbocycles. The third-order valence-corrected chi connectivity index (χ3v) is 6.25. The molecule has 1 aromatic heterocycles. The molecule has 28 heavy (non-hydrogen) atoms. The maximum Gasteiger partial charge on any atom is 0.341 e. The Kier molecular flexibility index (Phi) is 4.81. The van der Waals surface area contributed by atoms with Crippen molar-refractivity contribution in [3.8, 4) is 0 Å². The number of hydrogen-bond acceptors (Lipinski definition) is 4. The van der Waals surface area contributed by atoms with Crippen molar-refractivity contribution in [1.82, 2.24) is 4.57 Å². The van der Waals surface area contributed by atoms with Crippen molar-refractivity contribution >= 4 is 34.3 Å². The third-order valence-electron chi connectivity index (χ3n) is 5.45. The summed E-state index contributed by atoms with van der Waals surface area (Å²) in [4.78, 5) is 25.3. The second-order valence-electron chi connectivity index (χ2n) is 7.39. The highest BCUT2D eigenvalue weighted by Gasteiger charge is 2.35. The summed E-state index contributed by atoms with van der Waals surface area (Å²) in [7, 11) is 0. The first kappa shape index (κ1) is 19.2. The Morgan fingerprint density at radius 1 is 1.21 bits per heavy atom. The molecule has 0 radical (unpaired) electrons. The zero-order chi connectivity index (χ0) is 20.2. The van der Waals surface area contributed by atoms with E-state index in [0.29, 0.717) is 25.9 Å². The summed E-state index contributed by atoms with van der Waals surface area (Å²) in [6, 6.07) is -0.226. The number of aromatic carboxylic acids is 1. The fourth-order valence-electron chi connectivity index (χ4n) is 3.96. The highest BCUT2D eigenvalue weighted by molar-refractivity contribution is 7.98. The first-order valence-corrected chi connectivity index (χ1v) is 10.5. The van der Waals surface area contributed by atoms with Gasteiger partial charge in [-0.15, -0.1) is 0 Å². The number of benzene rings is 1. The van der Waals surface area contributed by atoms with Crippen LogP contribution >= 0.6 is 11.8 Å². The standard InChI is InChI=1S/C19H19F3N2O3S/c1-28-8-9-4-5-23(6-9)17-14(21)13(20)12-16(15(17)22)24(10-2-3-10)7-11(18(12)25)19(26)27/h7,9-10H,2-6,8H2,1H3,(H,26,27). The number of fused-ring (bicyclic) bond motifs is 1. The van der Waals surface area contributed by atoms with Gasteiger partial charge in [-0.1, -0.05) is 0 Å². The lowest BCUT2D eigenvalue weighted by atomic mass is 10.1. The lowest BCUT2D eigenvalue weighted by Crippen LogP contribution is -2.26. The number of pyridine rings is 1. The van der Waals surface area contributed by atoms with E-state index in [2.05, 4.69) is 0 Å². The molecule has 4 rings (SSSR count). The largest absolute Gasteiger partial charge is 0.477 e. The predicted molar refractivity (Wildman–Crippen MR) is 102 cm³/mol. The van der Waals surface area contributed by atoms with E-state index >= 15 is 4.39 Å². The smallest absolute Gasteiger partial charge is 0.341 e. The van der Waals surface area contributed by atoms with Crippen LogP contribution in [0.1, 0.15) is 35.7 Å². The molecule has 9 heteroatoms. The van der Waals surface area contributed by atoms with Gasteiger partial charge in [0, 0.05) is 25.3 Å². The highest BCUT2D eigenvalue weighted by Crippen LogP contribution is 2.41. The van der Waals surface area contributed by atoms with E-state index in [0.717, 1.165) is 18.4 Å². The molecule has 1 aromatic carbocycles. The number of rotatable bonds is 5. The fourth-order valence-corrected chi connectivity index (χ4v) is 4.70.